The lowest BCUT2D eigenvalue weighted by atomic mass is 10.0. The molecule has 0 aliphatic rings. The molecule has 0 atom stereocenters. The van der Waals surface area contributed by atoms with Crippen molar-refractivity contribution < 1.29 is 37.4 Å². The molecule has 0 aliphatic carbocycles. The van der Waals surface area contributed by atoms with Gasteiger partial charge in [-0.2, -0.15) is 15.7 Å². The summed E-state index contributed by atoms with van der Waals surface area (Å²) >= 11 is 0.671. The van der Waals surface area contributed by atoms with Crippen molar-refractivity contribution in [1.82, 2.24) is 28.5 Å². The molecule has 6 aromatic carbocycles. The smallest absolute Gasteiger partial charge is 0.343 e. The van der Waals surface area contributed by atoms with Crippen molar-refractivity contribution in [3.63, 3.8) is 0 Å². The molecule has 80 heavy (non-hydrogen) atoms. The van der Waals surface area contributed by atoms with Crippen LogP contribution in [-0.4, -0.2) is 75.4 Å². The van der Waals surface area contributed by atoms with Crippen LogP contribution in [0.15, 0.2) is 207 Å². The van der Waals surface area contributed by atoms with Crippen molar-refractivity contribution in [3.05, 3.63) is 199 Å². The molecule has 414 valence electrons. The van der Waals surface area contributed by atoms with E-state index in [4.69, 9.17) is 18.8 Å². The first-order valence-electron chi connectivity index (χ1n) is 25.2. The quantitative estimate of drug-likeness (QED) is 0.0136. The maximum absolute atomic E-state index is 14.6. The highest BCUT2D eigenvalue weighted by molar-refractivity contribution is 7.94. The minimum absolute atomic E-state index is 0.0314. The molecule has 2 aromatic heterocycles. The van der Waals surface area contributed by atoms with Crippen molar-refractivity contribution in [2.24, 2.45) is 20.5 Å². The fourth-order valence-electron chi connectivity index (χ4n) is 7.93. The van der Waals surface area contributed by atoms with Crippen molar-refractivity contribution in [1.29, 1.82) is 0 Å². The summed E-state index contributed by atoms with van der Waals surface area (Å²) in [5, 5.41) is 40.1. The van der Waals surface area contributed by atoms with Crippen molar-refractivity contribution in [2.45, 2.75) is 62.5 Å². The van der Waals surface area contributed by atoms with Gasteiger partial charge in [-0.05, 0) is 119 Å². The van der Waals surface area contributed by atoms with Gasteiger partial charge in [-0.25, -0.2) is 41.0 Å². The van der Waals surface area contributed by atoms with E-state index in [1.165, 1.54) is 48.5 Å². The number of nitrogens with one attached hydrogen (secondary N) is 2. The Balaban J connectivity index is 1.23. The van der Waals surface area contributed by atoms with Crippen LogP contribution in [0.4, 0.5) is 22.7 Å². The predicted molar refractivity (Wildman–Crippen MR) is 301 cm³/mol. The Bertz CT molecular complexity index is 3860. The Morgan fingerprint density at radius 3 is 1.39 bits per heavy atom. The third-order valence-corrected chi connectivity index (χ3v) is 13.8. The highest BCUT2D eigenvalue weighted by Gasteiger charge is 2.26. The van der Waals surface area contributed by atoms with Crippen LogP contribution in [0.3, 0.4) is 0 Å². The predicted octanol–water partition coefficient (Wildman–Crippen LogP) is 9.57. The summed E-state index contributed by atoms with van der Waals surface area (Å²) in [5.74, 6) is -1.59. The maximum Gasteiger partial charge on any atom is 0.343 e. The number of ether oxygens (including phenoxy) is 2. The molecule has 0 bridgehead atoms. The molecule has 0 fully saturated rings. The summed E-state index contributed by atoms with van der Waals surface area (Å²) < 4.78 is 52.1. The first-order valence-corrected chi connectivity index (χ1v) is 27.4. The van der Waals surface area contributed by atoms with Gasteiger partial charge in [-0.3, -0.25) is 9.59 Å². The van der Waals surface area contributed by atoms with Crippen molar-refractivity contribution in [2.75, 3.05) is 26.3 Å². The van der Waals surface area contributed by atoms with Crippen LogP contribution < -0.4 is 32.7 Å². The number of aromatic hydroxyl groups is 2. The van der Waals surface area contributed by atoms with E-state index in [0.29, 0.717) is 38.0 Å². The Morgan fingerprint density at radius 2 is 0.938 bits per heavy atom. The molecule has 0 saturated carbocycles. The lowest BCUT2D eigenvalue weighted by Crippen LogP contribution is -2.37. The molecule has 22 nitrogen and oxygen atoms in total. The van der Waals surface area contributed by atoms with Gasteiger partial charge in [-0.15, -0.1) is 19.6 Å². The van der Waals surface area contributed by atoms with Crippen LogP contribution in [0.2, 0.25) is 0 Å². The zero-order valence-electron chi connectivity index (χ0n) is 43.8. The average Bonchev–Trinajstić information content (AvgIpc) is 3.45. The standard InChI is InChI=1S/C56H56N10O12S2/c1-37(2)75-33-17-31-57-77-78-79-47-35-39(59-61-49-51(67)63(41-19-9-5-10-20-41)55(71)64(52(49)68)42-21-11-6-12-22-42)27-29-45(47)46-30-28-40(36-48(46)80(73,74)58-32-18-34-76-38(3)4)60-62-50-53(69)65(43-23-13-7-14-24-43)56(72)66(54(50)70)44-25-15-8-16-26-44/h5-16,19-30,35-38,57-58,67,69H,17-18,31-34H2,1-4H3. The van der Waals surface area contributed by atoms with Crippen LogP contribution in [0.1, 0.15) is 40.5 Å². The molecule has 24 heteroatoms. The van der Waals surface area contributed by atoms with Gasteiger partial charge >= 0.3 is 11.4 Å². The van der Waals surface area contributed by atoms with Gasteiger partial charge in [0.05, 0.1) is 63.3 Å². The van der Waals surface area contributed by atoms with E-state index in [2.05, 4.69) is 30.7 Å². The van der Waals surface area contributed by atoms with E-state index in [9.17, 15) is 37.8 Å². The number of para-hydroxylation sites is 4. The number of nitrogens with zero attached hydrogens (tertiary/aromatic N) is 8. The molecule has 0 aliphatic heterocycles. The third-order valence-electron chi connectivity index (χ3n) is 11.7. The number of rotatable bonds is 25. The van der Waals surface area contributed by atoms with Crippen LogP contribution in [-0.2, 0) is 28.8 Å². The van der Waals surface area contributed by atoms with Crippen LogP contribution in [0, 0.1) is 0 Å². The number of hydrogen-bond acceptors (Lipinski definition) is 18. The fourth-order valence-corrected chi connectivity index (χ4v) is 9.83. The monoisotopic (exact) mass is 1120 g/mol. The zero-order valence-corrected chi connectivity index (χ0v) is 45.4. The summed E-state index contributed by atoms with van der Waals surface area (Å²) in [6.45, 7) is 8.56. The van der Waals surface area contributed by atoms with Gasteiger partial charge in [0.15, 0.2) is 0 Å². The molecule has 0 unspecified atom stereocenters. The largest absolute Gasteiger partial charge is 0.492 e. The van der Waals surface area contributed by atoms with E-state index in [-0.39, 0.29) is 80.4 Å². The van der Waals surface area contributed by atoms with Gasteiger partial charge in [0, 0.05) is 36.8 Å². The Kier molecular flexibility index (Phi) is 19.4. The van der Waals surface area contributed by atoms with Crippen LogP contribution in [0.5, 0.6) is 11.8 Å². The zero-order chi connectivity index (χ0) is 56.8. The fraction of sp³-hybridized carbons (Fsp3) is 0.214. The van der Waals surface area contributed by atoms with Crippen LogP contribution >= 0.6 is 12.0 Å². The molecule has 0 amide bonds. The lowest BCUT2D eigenvalue weighted by molar-refractivity contribution is -0.245. The summed E-state index contributed by atoms with van der Waals surface area (Å²) in [6, 6.07) is 41.0. The molecule has 8 aromatic rings. The highest BCUT2D eigenvalue weighted by Crippen LogP contribution is 2.40. The first-order chi connectivity index (χ1) is 38.6. The summed E-state index contributed by atoms with van der Waals surface area (Å²) in [7, 11) is -4.45. The Morgan fingerprint density at radius 1 is 0.525 bits per heavy atom. The maximum atomic E-state index is 14.6. The minimum Gasteiger partial charge on any atom is -0.492 e. The molecule has 0 spiro atoms. The second-order valence-electron chi connectivity index (χ2n) is 18.0. The molecule has 4 N–H and O–H groups in total. The molecule has 0 saturated heterocycles. The minimum atomic E-state index is -4.45. The second kappa shape index (κ2) is 26.9. The number of benzene rings is 6. The SMILES string of the molecule is CC(C)OCCCNOOSc1cc(N=Nc2c(O)n(-c3ccccc3)c(=O)n(-c3ccccc3)c2=O)ccc1-c1ccc(N=Nc2c(O)n(-c3ccccc3)c(=O)n(-c3ccccc3)c2=O)cc1S(=O)(=O)NCCCOC(C)C. The number of azo groups is 2. The molecule has 8 rings (SSSR count). The van der Waals surface area contributed by atoms with Gasteiger partial charge in [-0.1, -0.05) is 84.9 Å². The summed E-state index contributed by atoms with van der Waals surface area (Å²) in [6.07, 6.45) is 0.828. The third kappa shape index (κ3) is 13.9. The summed E-state index contributed by atoms with van der Waals surface area (Å²) in [4.78, 5) is 61.3. The van der Waals surface area contributed by atoms with Gasteiger partial charge in [0.2, 0.25) is 33.2 Å². The second-order valence-corrected chi connectivity index (χ2v) is 20.5. The van der Waals surface area contributed by atoms with Crippen molar-refractivity contribution >= 4 is 44.8 Å². The first kappa shape index (κ1) is 57.7. The van der Waals surface area contributed by atoms with Crippen LogP contribution in [0.25, 0.3) is 33.9 Å². The van der Waals surface area contributed by atoms with E-state index in [1.54, 1.807) is 109 Å². The molecule has 2 heterocycles. The molecular weight excluding hydrogens is 1070 g/mol. The highest BCUT2D eigenvalue weighted by atomic mass is 32.2. The van der Waals surface area contributed by atoms with Gasteiger partial charge < -0.3 is 19.7 Å². The Labute approximate surface area is 463 Å². The number of sulfonamides is 1. The number of hydrogen-bond donors (Lipinski definition) is 4. The summed E-state index contributed by atoms with van der Waals surface area (Å²) in [5.41, 5.74) is -0.996. The van der Waals surface area contributed by atoms with Crippen molar-refractivity contribution in [3.8, 4) is 45.6 Å². The topological polar surface area (TPSA) is 273 Å². The number of aromatic nitrogens is 4. The van der Waals surface area contributed by atoms with E-state index in [1.807, 2.05) is 27.7 Å². The Hall–Kier alpha value is -8.46. The van der Waals surface area contributed by atoms with Gasteiger partial charge in [0.1, 0.15) is 0 Å². The average molecular weight is 1130 g/mol. The normalized spacial score (nSPS) is 11.9. The number of hydroxylamine groups is 1. The van der Waals surface area contributed by atoms with E-state index < -0.39 is 55.7 Å². The van der Waals surface area contributed by atoms with E-state index in [0.717, 1.165) is 18.3 Å². The van der Waals surface area contributed by atoms with E-state index >= 15 is 0 Å². The molecular formula is C56H56N10O12S2. The molecule has 0 radical (unpaired) electrons. The lowest BCUT2D eigenvalue weighted by Gasteiger charge is -2.16. The van der Waals surface area contributed by atoms with Gasteiger partial charge in [0.25, 0.3) is 11.1 Å².